The van der Waals surface area contributed by atoms with Gasteiger partial charge in [0.15, 0.2) is 0 Å². The summed E-state index contributed by atoms with van der Waals surface area (Å²) in [4.78, 5) is 0. The van der Waals surface area contributed by atoms with Crippen LogP contribution in [0, 0.1) is 17.8 Å². The standard InChI is InChI=1S/C11H20O/c1-8(2)6-7-11(12)9-4-3-5-10(9)11/h8-10,12H,3-7H2,1-2H3. The van der Waals surface area contributed by atoms with Crippen molar-refractivity contribution < 1.29 is 5.11 Å². The molecule has 2 aliphatic rings. The van der Waals surface area contributed by atoms with Crippen molar-refractivity contribution in [2.24, 2.45) is 17.8 Å². The van der Waals surface area contributed by atoms with Gasteiger partial charge < -0.3 is 5.11 Å². The average Bonchev–Trinajstić information content (AvgIpc) is 2.51. The monoisotopic (exact) mass is 168 g/mol. The quantitative estimate of drug-likeness (QED) is 0.686. The van der Waals surface area contributed by atoms with Crippen molar-refractivity contribution >= 4 is 0 Å². The van der Waals surface area contributed by atoms with Gasteiger partial charge in [0.25, 0.3) is 0 Å². The normalized spacial score (nSPS) is 45.0. The van der Waals surface area contributed by atoms with Gasteiger partial charge in [-0.1, -0.05) is 20.3 Å². The molecule has 2 rings (SSSR count). The smallest absolute Gasteiger partial charge is 0.0711 e. The number of fused-ring (bicyclic) bond motifs is 1. The van der Waals surface area contributed by atoms with E-state index in [1.54, 1.807) is 0 Å². The van der Waals surface area contributed by atoms with Crippen LogP contribution in [0.3, 0.4) is 0 Å². The van der Waals surface area contributed by atoms with Crippen LogP contribution < -0.4 is 0 Å². The molecule has 2 fully saturated rings. The summed E-state index contributed by atoms with van der Waals surface area (Å²) >= 11 is 0. The van der Waals surface area contributed by atoms with Crippen molar-refractivity contribution in [2.75, 3.05) is 0 Å². The van der Waals surface area contributed by atoms with Gasteiger partial charge in [-0.15, -0.1) is 0 Å². The molecule has 2 aliphatic carbocycles. The molecule has 0 saturated heterocycles. The van der Waals surface area contributed by atoms with E-state index in [-0.39, 0.29) is 5.60 Å². The molecule has 2 saturated carbocycles. The molecule has 70 valence electrons. The summed E-state index contributed by atoms with van der Waals surface area (Å²) in [5.74, 6) is 2.13. The molecule has 0 heterocycles. The maximum atomic E-state index is 10.2. The van der Waals surface area contributed by atoms with Gasteiger partial charge in [-0.25, -0.2) is 0 Å². The zero-order chi connectivity index (χ0) is 8.77. The fourth-order valence-corrected chi connectivity index (χ4v) is 2.94. The van der Waals surface area contributed by atoms with Crippen LogP contribution in [-0.4, -0.2) is 10.7 Å². The first-order valence-electron chi connectivity index (χ1n) is 5.37. The summed E-state index contributed by atoms with van der Waals surface area (Å²) < 4.78 is 0. The van der Waals surface area contributed by atoms with Crippen molar-refractivity contribution in [3.8, 4) is 0 Å². The Morgan fingerprint density at radius 1 is 1.33 bits per heavy atom. The lowest BCUT2D eigenvalue weighted by molar-refractivity contribution is 0.0904. The molecule has 0 spiro atoms. The summed E-state index contributed by atoms with van der Waals surface area (Å²) in [6.45, 7) is 4.48. The van der Waals surface area contributed by atoms with E-state index in [0.29, 0.717) is 11.8 Å². The van der Waals surface area contributed by atoms with Gasteiger partial charge in [-0.3, -0.25) is 0 Å². The highest BCUT2D eigenvalue weighted by atomic mass is 16.3. The maximum absolute atomic E-state index is 10.2. The molecule has 0 aromatic carbocycles. The predicted octanol–water partition coefficient (Wildman–Crippen LogP) is 2.58. The lowest BCUT2D eigenvalue weighted by atomic mass is 9.98. The Morgan fingerprint density at radius 3 is 2.42 bits per heavy atom. The van der Waals surface area contributed by atoms with Crippen LogP contribution in [0.1, 0.15) is 46.0 Å². The molecule has 2 atom stereocenters. The van der Waals surface area contributed by atoms with Crippen molar-refractivity contribution in [1.82, 2.24) is 0 Å². The summed E-state index contributed by atoms with van der Waals surface area (Å²) in [7, 11) is 0. The minimum absolute atomic E-state index is 0.206. The third kappa shape index (κ3) is 1.19. The largest absolute Gasteiger partial charge is 0.389 e. The van der Waals surface area contributed by atoms with E-state index in [0.717, 1.165) is 12.3 Å². The van der Waals surface area contributed by atoms with E-state index in [2.05, 4.69) is 13.8 Å². The number of rotatable bonds is 3. The molecule has 0 radical (unpaired) electrons. The molecule has 0 bridgehead atoms. The molecule has 0 amide bonds. The molecule has 2 unspecified atom stereocenters. The van der Waals surface area contributed by atoms with E-state index in [1.165, 1.54) is 25.7 Å². The Bertz CT molecular complexity index is 164. The molecule has 1 N–H and O–H groups in total. The Morgan fingerprint density at radius 2 is 1.92 bits per heavy atom. The second-order valence-electron chi connectivity index (χ2n) is 5.07. The predicted molar refractivity (Wildman–Crippen MR) is 49.9 cm³/mol. The zero-order valence-electron chi connectivity index (χ0n) is 8.21. The van der Waals surface area contributed by atoms with E-state index >= 15 is 0 Å². The van der Waals surface area contributed by atoms with Crippen LogP contribution in [0.2, 0.25) is 0 Å². The highest BCUT2D eigenvalue weighted by molar-refractivity contribution is 5.14. The van der Waals surface area contributed by atoms with Crippen molar-refractivity contribution in [3.05, 3.63) is 0 Å². The molecular formula is C11H20O. The lowest BCUT2D eigenvalue weighted by Gasteiger charge is -2.15. The Kier molecular flexibility index (Phi) is 1.95. The second kappa shape index (κ2) is 2.73. The first kappa shape index (κ1) is 8.55. The molecular weight excluding hydrogens is 148 g/mol. The van der Waals surface area contributed by atoms with E-state index in [4.69, 9.17) is 0 Å². The van der Waals surface area contributed by atoms with Gasteiger partial charge in [0.05, 0.1) is 5.60 Å². The molecule has 1 heteroatoms. The number of hydrogen-bond donors (Lipinski definition) is 1. The fourth-order valence-electron chi connectivity index (χ4n) is 2.94. The van der Waals surface area contributed by atoms with Gasteiger partial charge in [0, 0.05) is 0 Å². The van der Waals surface area contributed by atoms with Crippen LogP contribution in [0.4, 0.5) is 0 Å². The minimum Gasteiger partial charge on any atom is -0.389 e. The van der Waals surface area contributed by atoms with Gasteiger partial charge in [-0.2, -0.15) is 0 Å². The average molecular weight is 168 g/mol. The van der Waals surface area contributed by atoms with E-state index in [1.807, 2.05) is 0 Å². The second-order valence-corrected chi connectivity index (χ2v) is 5.07. The van der Waals surface area contributed by atoms with Crippen molar-refractivity contribution in [2.45, 2.75) is 51.6 Å². The van der Waals surface area contributed by atoms with Gasteiger partial charge in [0.1, 0.15) is 0 Å². The molecule has 0 aliphatic heterocycles. The molecule has 0 aromatic heterocycles. The van der Waals surface area contributed by atoms with E-state index in [9.17, 15) is 5.11 Å². The topological polar surface area (TPSA) is 20.2 Å². The van der Waals surface area contributed by atoms with Crippen LogP contribution >= 0.6 is 0 Å². The van der Waals surface area contributed by atoms with Crippen LogP contribution in [0.15, 0.2) is 0 Å². The highest BCUT2D eigenvalue weighted by Crippen LogP contribution is 2.62. The summed E-state index contributed by atoms with van der Waals surface area (Å²) in [5.41, 5.74) is -0.206. The van der Waals surface area contributed by atoms with Crippen molar-refractivity contribution in [3.63, 3.8) is 0 Å². The number of aliphatic hydroxyl groups is 1. The van der Waals surface area contributed by atoms with Crippen LogP contribution in [0.25, 0.3) is 0 Å². The Labute approximate surface area is 75.2 Å². The molecule has 0 aromatic rings. The van der Waals surface area contributed by atoms with Crippen LogP contribution in [-0.2, 0) is 0 Å². The van der Waals surface area contributed by atoms with Gasteiger partial charge >= 0.3 is 0 Å². The van der Waals surface area contributed by atoms with E-state index < -0.39 is 0 Å². The molecule has 1 nitrogen and oxygen atoms in total. The molecule has 12 heavy (non-hydrogen) atoms. The minimum atomic E-state index is -0.206. The first-order chi connectivity index (χ1) is 5.64. The van der Waals surface area contributed by atoms with Gasteiger partial charge in [0.2, 0.25) is 0 Å². The Balaban J connectivity index is 1.82. The van der Waals surface area contributed by atoms with Gasteiger partial charge in [-0.05, 0) is 43.4 Å². The Hall–Kier alpha value is -0.0400. The SMILES string of the molecule is CC(C)CCC1(O)C2CCCC21. The lowest BCUT2D eigenvalue weighted by Crippen LogP contribution is -2.16. The summed E-state index contributed by atoms with van der Waals surface area (Å²) in [6.07, 6.45) is 6.20. The number of hydrogen-bond acceptors (Lipinski definition) is 1. The summed E-state index contributed by atoms with van der Waals surface area (Å²) in [5, 5.41) is 10.2. The summed E-state index contributed by atoms with van der Waals surface area (Å²) in [6, 6.07) is 0. The highest BCUT2D eigenvalue weighted by Gasteiger charge is 2.64. The maximum Gasteiger partial charge on any atom is 0.0711 e. The van der Waals surface area contributed by atoms with Crippen molar-refractivity contribution in [1.29, 1.82) is 0 Å². The fraction of sp³-hybridized carbons (Fsp3) is 1.00. The third-order valence-electron chi connectivity index (χ3n) is 3.81. The first-order valence-corrected chi connectivity index (χ1v) is 5.37. The zero-order valence-corrected chi connectivity index (χ0v) is 8.21. The van der Waals surface area contributed by atoms with Crippen LogP contribution in [0.5, 0.6) is 0 Å². The third-order valence-corrected chi connectivity index (χ3v) is 3.81.